The van der Waals surface area contributed by atoms with Crippen LogP contribution in [0, 0.1) is 0 Å². The summed E-state index contributed by atoms with van der Waals surface area (Å²) in [5, 5.41) is 0. The molecule has 0 aromatic heterocycles. The first-order valence-electron chi connectivity index (χ1n) is 5.53. The molecule has 1 aliphatic rings. The van der Waals surface area contributed by atoms with E-state index in [1.54, 1.807) is 24.3 Å². The first kappa shape index (κ1) is 13.4. The Balaban J connectivity index is 2.22. The minimum atomic E-state index is -4.79. The normalized spacial score (nSPS) is 20.2. The van der Waals surface area contributed by atoms with E-state index in [0.29, 0.717) is 12.8 Å². The summed E-state index contributed by atoms with van der Waals surface area (Å²) in [4.78, 5) is 12.2. The number of hydrogen-bond acceptors (Lipinski definition) is 1. The van der Waals surface area contributed by atoms with Gasteiger partial charge < -0.3 is 4.90 Å². The Hall–Kier alpha value is -1.04. The van der Waals surface area contributed by atoms with Crippen LogP contribution in [-0.4, -0.2) is 23.5 Å². The molecule has 1 fully saturated rings. The molecule has 6 heteroatoms. The average Bonchev–Trinajstić information content (AvgIpc) is 2.76. The Morgan fingerprint density at radius 1 is 1.28 bits per heavy atom. The van der Waals surface area contributed by atoms with E-state index in [-0.39, 0.29) is 6.54 Å². The van der Waals surface area contributed by atoms with Crippen molar-refractivity contribution in [3.05, 3.63) is 34.3 Å². The van der Waals surface area contributed by atoms with Crippen LogP contribution in [0.1, 0.15) is 24.4 Å². The zero-order chi connectivity index (χ0) is 13.3. The molecule has 0 bridgehead atoms. The molecule has 1 atom stereocenters. The van der Waals surface area contributed by atoms with E-state index in [9.17, 15) is 18.0 Å². The Morgan fingerprint density at radius 2 is 1.89 bits per heavy atom. The molecule has 0 saturated carbocycles. The van der Waals surface area contributed by atoms with Crippen molar-refractivity contribution in [1.82, 2.24) is 4.90 Å². The Kier molecular flexibility index (Phi) is 3.66. The molecular weight excluding hydrogens is 311 g/mol. The molecule has 2 rings (SSSR count). The molecule has 1 aromatic rings. The van der Waals surface area contributed by atoms with Gasteiger partial charge in [0.1, 0.15) is 0 Å². The maximum Gasteiger partial charge on any atom is 0.471 e. The first-order chi connectivity index (χ1) is 8.39. The lowest BCUT2D eigenvalue weighted by Gasteiger charge is -2.25. The Bertz CT molecular complexity index is 444. The topological polar surface area (TPSA) is 20.3 Å². The molecule has 1 aliphatic heterocycles. The third-order valence-corrected chi connectivity index (χ3v) is 3.54. The van der Waals surface area contributed by atoms with Gasteiger partial charge in [-0.15, -0.1) is 0 Å². The second-order valence-corrected chi connectivity index (χ2v) is 5.12. The average molecular weight is 322 g/mol. The monoisotopic (exact) mass is 321 g/mol. The van der Waals surface area contributed by atoms with Crippen LogP contribution in [0.15, 0.2) is 28.7 Å². The van der Waals surface area contributed by atoms with Gasteiger partial charge in [-0.05, 0) is 30.5 Å². The smallest absolute Gasteiger partial charge is 0.328 e. The molecule has 0 N–H and O–H groups in total. The largest absolute Gasteiger partial charge is 0.471 e. The fourth-order valence-electron chi connectivity index (χ4n) is 2.20. The maximum atomic E-state index is 12.5. The summed E-state index contributed by atoms with van der Waals surface area (Å²) in [6, 6.07) is 6.56. The molecule has 98 valence electrons. The molecule has 0 spiro atoms. The van der Waals surface area contributed by atoms with Gasteiger partial charge in [0.25, 0.3) is 0 Å². The third-order valence-electron chi connectivity index (χ3n) is 3.01. The number of halogens is 4. The zero-order valence-corrected chi connectivity index (χ0v) is 11.0. The summed E-state index contributed by atoms with van der Waals surface area (Å²) in [5.74, 6) is -1.74. The summed E-state index contributed by atoms with van der Waals surface area (Å²) in [6.07, 6.45) is -3.62. The number of nitrogens with zero attached hydrogens (tertiary/aromatic N) is 1. The number of likely N-dealkylation sites (tertiary alicyclic amines) is 1. The van der Waals surface area contributed by atoms with E-state index < -0.39 is 18.1 Å². The molecule has 0 aliphatic carbocycles. The molecular formula is C12H11BrF3NO. The number of alkyl halides is 3. The van der Waals surface area contributed by atoms with Crippen LogP contribution < -0.4 is 0 Å². The maximum absolute atomic E-state index is 12.5. The predicted molar refractivity (Wildman–Crippen MR) is 63.9 cm³/mol. The fourth-order valence-corrected chi connectivity index (χ4v) is 2.47. The summed E-state index contributed by atoms with van der Waals surface area (Å²) in [7, 11) is 0. The quantitative estimate of drug-likeness (QED) is 0.772. The lowest BCUT2D eigenvalue weighted by molar-refractivity contribution is -0.186. The van der Waals surface area contributed by atoms with Crippen LogP contribution in [0.2, 0.25) is 0 Å². The van der Waals surface area contributed by atoms with Crippen LogP contribution in [0.4, 0.5) is 13.2 Å². The molecule has 1 heterocycles. The minimum Gasteiger partial charge on any atom is -0.328 e. The second kappa shape index (κ2) is 4.91. The lowest BCUT2D eigenvalue weighted by atomic mass is 10.0. The summed E-state index contributed by atoms with van der Waals surface area (Å²) >= 11 is 3.27. The van der Waals surface area contributed by atoms with E-state index in [2.05, 4.69) is 15.9 Å². The summed E-state index contributed by atoms with van der Waals surface area (Å²) in [6.45, 7) is 0.166. The van der Waals surface area contributed by atoms with Gasteiger partial charge in [-0.2, -0.15) is 13.2 Å². The molecule has 1 saturated heterocycles. The molecule has 2 nitrogen and oxygen atoms in total. The highest BCUT2D eigenvalue weighted by atomic mass is 79.9. The van der Waals surface area contributed by atoms with E-state index in [1.165, 1.54) is 0 Å². The standard InChI is InChI=1S/C12H11BrF3NO/c13-9-5-3-8(4-6-9)10-2-1-7-17(10)11(18)12(14,15)16/h3-6,10H,1-2,7H2. The van der Waals surface area contributed by atoms with Crippen molar-refractivity contribution < 1.29 is 18.0 Å². The Labute approximate surface area is 111 Å². The highest BCUT2D eigenvalue weighted by Gasteiger charge is 2.46. The van der Waals surface area contributed by atoms with Gasteiger partial charge in [0, 0.05) is 11.0 Å². The number of hydrogen-bond donors (Lipinski definition) is 0. The fraction of sp³-hybridized carbons (Fsp3) is 0.417. The number of amides is 1. The van der Waals surface area contributed by atoms with Crippen LogP contribution in [0.3, 0.4) is 0 Å². The van der Waals surface area contributed by atoms with Gasteiger partial charge in [0.2, 0.25) is 0 Å². The SMILES string of the molecule is O=C(N1CCCC1c1ccc(Br)cc1)C(F)(F)F. The lowest BCUT2D eigenvalue weighted by Crippen LogP contribution is -2.40. The van der Waals surface area contributed by atoms with Crippen molar-refractivity contribution in [3.63, 3.8) is 0 Å². The highest BCUT2D eigenvalue weighted by molar-refractivity contribution is 9.10. The van der Waals surface area contributed by atoms with E-state index in [0.717, 1.165) is 14.9 Å². The van der Waals surface area contributed by atoms with Crippen LogP contribution in [0.25, 0.3) is 0 Å². The van der Waals surface area contributed by atoms with Crippen molar-refractivity contribution in [3.8, 4) is 0 Å². The van der Waals surface area contributed by atoms with Crippen molar-refractivity contribution in [2.24, 2.45) is 0 Å². The summed E-state index contributed by atoms with van der Waals surface area (Å²) < 4.78 is 38.2. The number of carbonyl (C=O) groups is 1. The van der Waals surface area contributed by atoms with Gasteiger partial charge in [0.05, 0.1) is 6.04 Å². The molecule has 0 radical (unpaired) electrons. The van der Waals surface area contributed by atoms with E-state index in [1.807, 2.05) is 0 Å². The van der Waals surface area contributed by atoms with Crippen LogP contribution in [-0.2, 0) is 4.79 Å². The highest BCUT2D eigenvalue weighted by Crippen LogP contribution is 2.35. The van der Waals surface area contributed by atoms with Gasteiger partial charge in [-0.3, -0.25) is 4.79 Å². The first-order valence-corrected chi connectivity index (χ1v) is 6.32. The van der Waals surface area contributed by atoms with Gasteiger partial charge in [-0.1, -0.05) is 28.1 Å². The van der Waals surface area contributed by atoms with Gasteiger partial charge in [-0.25, -0.2) is 0 Å². The number of rotatable bonds is 1. The van der Waals surface area contributed by atoms with Crippen molar-refractivity contribution in [2.75, 3.05) is 6.54 Å². The van der Waals surface area contributed by atoms with E-state index >= 15 is 0 Å². The molecule has 1 amide bonds. The number of benzene rings is 1. The van der Waals surface area contributed by atoms with Crippen molar-refractivity contribution >= 4 is 21.8 Å². The zero-order valence-electron chi connectivity index (χ0n) is 9.38. The Morgan fingerprint density at radius 3 is 2.44 bits per heavy atom. The third kappa shape index (κ3) is 2.68. The minimum absolute atomic E-state index is 0.166. The van der Waals surface area contributed by atoms with Gasteiger partial charge in [0.15, 0.2) is 0 Å². The summed E-state index contributed by atoms with van der Waals surface area (Å²) in [5.41, 5.74) is 0.744. The van der Waals surface area contributed by atoms with Gasteiger partial charge >= 0.3 is 12.1 Å². The van der Waals surface area contributed by atoms with Crippen molar-refractivity contribution in [2.45, 2.75) is 25.1 Å². The molecule has 1 aromatic carbocycles. The van der Waals surface area contributed by atoms with E-state index in [4.69, 9.17) is 0 Å². The second-order valence-electron chi connectivity index (χ2n) is 4.21. The number of carbonyl (C=O) groups excluding carboxylic acids is 1. The van der Waals surface area contributed by atoms with Crippen LogP contribution in [0.5, 0.6) is 0 Å². The van der Waals surface area contributed by atoms with Crippen molar-refractivity contribution in [1.29, 1.82) is 0 Å². The van der Waals surface area contributed by atoms with Crippen LogP contribution >= 0.6 is 15.9 Å². The predicted octanol–water partition coefficient (Wildman–Crippen LogP) is 3.67. The molecule has 1 unspecified atom stereocenters. The molecule has 18 heavy (non-hydrogen) atoms.